The highest BCUT2D eigenvalue weighted by molar-refractivity contribution is 6.30. The molecule has 0 aliphatic carbocycles. The molecule has 0 aliphatic rings. The first kappa shape index (κ1) is 16.2. The average molecular weight is 324 g/mol. The second-order valence-electron chi connectivity index (χ2n) is 4.73. The van der Waals surface area contributed by atoms with Crippen LogP contribution in [-0.4, -0.2) is 24.7 Å². The van der Waals surface area contributed by atoms with Crippen LogP contribution in [0, 0.1) is 6.92 Å². The number of methoxy groups -OCH3 is 1. The van der Waals surface area contributed by atoms with E-state index in [1.54, 1.807) is 38.3 Å². The Labute approximate surface area is 133 Å². The van der Waals surface area contributed by atoms with Gasteiger partial charge in [0.25, 0.3) is 0 Å². The van der Waals surface area contributed by atoms with Crippen molar-refractivity contribution in [3.05, 3.63) is 40.7 Å². The molecule has 0 radical (unpaired) electrons. The third kappa shape index (κ3) is 4.66. The summed E-state index contributed by atoms with van der Waals surface area (Å²) in [6, 6.07) is 7.07. The zero-order chi connectivity index (χ0) is 15.9. The van der Waals surface area contributed by atoms with Crippen molar-refractivity contribution in [1.29, 1.82) is 0 Å². The maximum atomic E-state index is 11.8. The number of carbonyl (C=O) groups excluding carboxylic acids is 1. The van der Waals surface area contributed by atoms with Gasteiger partial charge in [-0.05, 0) is 25.1 Å². The van der Waals surface area contributed by atoms with Crippen LogP contribution >= 0.6 is 11.6 Å². The van der Waals surface area contributed by atoms with E-state index in [9.17, 15) is 4.79 Å². The molecule has 0 fully saturated rings. The van der Waals surface area contributed by atoms with E-state index in [0.29, 0.717) is 36.0 Å². The fraction of sp³-hybridized carbons (Fsp3) is 0.333. The summed E-state index contributed by atoms with van der Waals surface area (Å²) in [6.07, 6.45) is 0.326. The van der Waals surface area contributed by atoms with Gasteiger partial charge >= 0.3 is 0 Å². The van der Waals surface area contributed by atoms with Crippen LogP contribution in [0.1, 0.15) is 17.9 Å². The number of aryl methyl sites for hydroxylation is 1. The lowest BCUT2D eigenvalue weighted by Gasteiger charge is -2.11. The topological polar surface area (TPSA) is 76.4 Å². The fourth-order valence-electron chi connectivity index (χ4n) is 1.91. The van der Waals surface area contributed by atoms with Crippen molar-refractivity contribution in [2.24, 2.45) is 0 Å². The lowest BCUT2D eigenvalue weighted by Crippen LogP contribution is -2.25. The quantitative estimate of drug-likeness (QED) is 0.819. The molecule has 0 bridgehead atoms. The normalized spacial score (nSPS) is 10.3. The lowest BCUT2D eigenvalue weighted by atomic mass is 10.2. The molecule has 0 atom stereocenters. The van der Waals surface area contributed by atoms with Crippen molar-refractivity contribution in [1.82, 2.24) is 10.5 Å². The summed E-state index contributed by atoms with van der Waals surface area (Å²) < 4.78 is 10.2. The van der Waals surface area contributed by atoms with E-state index in [1.165, 1.54) is 0 Å². The first-order valence-electron chi connectivity index (χ1n) is 6.85. The molecule has 0 saturated heterocycles. The van der Waals surface area contributed by atoms with Gasteiger partial charge in [0, 0.05) is 24.1 Å². The minimum absolute atomic E-state index is 0.0749. The number of nitrogens with one attached hydrogen (secondary N) is 2. The van der Waals surface area contributed by atoms with E-state index in [1.807, 2.05) is 0 Å². The molecule has 2 rings (SSSR count). The molecule has 1 aromatic carbocycles. The Kier molecular flexibility index (Phi) is 5.66. The van der Waals surface area contributed by atoms with Crippen LogP contribution in [0.3, 0.4) is 0 Å². The van der Waals surface area contributed by atoms with Crippen molar-refractivity contribution in [2.45, 2.75) is 19.9 Å². The van der Waals surface area contributed by atoms with Gasteiger partial charge in [-0.3, -0.25) is 4.79 Å². The molecule has 0 aliphatic heterocycles. The predicted octanol–water partition coefficient (Wildman–Crippen LogP) is 2.76. The number of amides is 1. The molecular weight excluding hydrogens is 306 g/mol. The third-order valence-corrected chi connectivity index (χ3v) is 3.21. The van der Waals surface area contributed by atoms with Gasteiger partial charge < -0.3 is 19.9 Å². The summed E-state index contributed by atoms with van der Waals surface area (Å²) in [4.78, 5) is 11.8. The van der Waals surface area contributed by atoms with Crippen molar-refractivity contribution in [3.63, 3.8) is 0 Å². The standard InChI is InChI=1S/C15H18ClN3O3/c1-10-7-12(19-22-10)9-18-15(20)5-6-17-13-8-11(16)3-4-14(13)21-2/h3-4,7-8,17H,5-6,9H2,1-2H3,(H,18,20). The van der Waals surface area contributed by atoms with Crippen LogP contribution in [0.15, 0.2) is 28.8 Å². The molecule has 0 spiro atoms. The number of carbonyl (C=O) groups is 1. The van der Waals surface area contributed by atoms with Crippen LogP contribution in [-0.2, 0) is 11.3 Å². The van der Waals surface area contributed by atoms with E-state index in [-0.39, 0.29) is 5.91 Å². The zero-order valence-corrected chi connectivity index (χ0v) is 13.2. The summed E-state index contributed by atoms with van der Waals surface area (Å²) in [6.45, 7) is 2.64. The SMILES string of the molecule is COc1ccc(Cl)cc1NCCC(=O)NCc1cc(C)on1. The molecule has 22 heavy (non-hydrogen) atoms. The number of hydrogen-bond donors (Lipinski definition) is 2. The van der Waals surface area contributed by atoms with Crippen molar-refractivity contribution >= 4 is 23.2 Å². The second kappa shape index (κ2) is 7.70. The highest BCUT2D eigenvalue weighted by Gasteiger charge is 2.06. The molecule has 6 nitrogen and oxygen atoms in total. The first-order valence-corrected chi connectivity index (χ1v) is 7.22. The predicted molar refractivity (Wildman–Crippen MR) is 84.2 cm³/mol. The largest absolute Gasteiger partial charge is 0.495 e. The summed E-state index contributed by atoms with van der Waals surface area (Å²) in [5.74, 6) is 1.33. The van der Waals surface area contributed by atoms with E-state index in [0.717, 1.165) is 11.4 Å². The Morgan fingerprint density at radius 2 is 2.23 bits per heavy atom. The summed E-state index contributed by atoms with van der Waals surface area (Å²) >= 11 is 5.94. The smallest absolute Gasteiger partial charge is 0.222 e. The number of rotatable bonds is 7. The number of nitrogens with zero attached hydrogens (tertiary/aromatic N) is 1. The Hall–Kier alpha value is -2.21. The van der Waals surface area contributed by atoms with Crippen LogP contribution in [0.25, 0.3) is 0 Å². The van der Waals surface area contributed by atoms with Gasteiger partial charge in [0.2, 0.25) is 5.91 Å². The second-order valence-corrected chi connectivity index (χ2v) is 5.16. The monoisotopic (exact) mass is 323 g/mol. The van der Waals surface area contributed by atoms with Gasteiger partial charge in [-0.1, -0.05) is 16.8 Å². The Balaban J connectivity index is 1.76. The maximum absolute atomic E-state index is 11.8. The molecule has 1 amide bonds. The molecule has 0 saturated carbocycles. The minimum Gasteiger partial charge on any atom is -0.495 e. The Morgan fingerprint density at radius 3 is 2.91 bits per heavy atom. The van der Waals surface area contributed by atoms with Crippen LogP contribution < -0.4 is 15.4 Å². The maximum Gasteiger partial charge on any atom is 0.222 e. The first-order chi connectivity index (χ1) is 10.6. The van der Waals surface area contributed by atoms with Gasteiger partial charge in [0.15, 0.2) is 0 Å². The van der Waals surface area contributed by atoms with E-state index in [2.05, 4.69) is 15.8 Å². The highest BCUT2D eigenvalue weighted by Crippen LogP contribution is 2.27. The molecule has 0 unspecified atom stereocenters. The number of ether oxygens (including phenoxy) is 1. The van der Waals surface area contributed by atoms with Crippen LogP contribution in [0.4, 0.5) is 5.69 Å². The molecular formula is C15H18ClN3O3. The average Bonchev–Trinajstić information content (AvgIpc) is 2.91. The summed E-state index contributed by atoms with van der Waals surface area (Å²) in [7, 11) is 1.58. The van der Waals surface area contributed by atoms with E-state index in [4.69, 9.17) is 20.9 Å². The fourth-order valence-corrected chi connectivity index (χ4v) is 2.08. The Morgan fingerprint density at radius 1 is 1.41 bits per heavy atom. The van der Waals surface area contributed by atoms with E-state index < -0.39 is 0 Å². The molecule has 2 aromatic rings. The van der Waals surface area contributed by atoms with Crippen molar-refractivity contribution in [2.75, 3.05) is 19.0 Å². The van der Waals surface area contributed by atoms with Gasteiger partial charge in [-0.25, -0.2) is 0 Å². The minimum atomic E-state index is -0.0749. The van der Waals surface area contributed by atoms with Crippen molar-refractivity contribution in [3.8, 4) is 5.75 Å². The molecule has 7 heteroatoms. The molecule has 2 N–H and O–H groups in total. The lowest BCUT2D eigenvalue weighted by molar-refractivity contribution is -0.121. The number of halogens is 1. The highest BCUT2D eigenvalue weighted by atomic mass is 35.5. The molecule has 118 valence electrons. The van der Waals surface area contributed by atoms with Crippen LogP contribution in [0.5, 0.6) is 5.75 Å². The van der Waals surface area contributed by atoms with Gasteiger partial charge in [0.1, 0.15) is 17.2 Å². The van der Waals surface area contributed by atoms with E-state index >= 15 is 0 Å². The number of aromatic nitrogens is 1. The third-order valence-electron chi connectivity index (χ3n) is 2.97. The van der Waals surface area contributed by atoms with Crippen LogP contribution in [0.2, 0.25) is 5.02 Å². The Bertz CT molecular complexity index is 643. The number of anilines is 1. The number of benzene rings is 1. The van der Waals surface area contributed by atoms with Gasteiger partial charge in [0.05, 0.1) is 19.3 Å². The summed E-state index contributed by atoms with van der Waals surface area (Å²) in [5, 5.41) is 10.3. The van der Waals surface area contributed by atoms with Gasteiger partial charge in [-0.15, -0.1) is 0 Å². The molecule has 1 aromatic heterocycles. The molecule has 1 heterocycles. The summed E-state index contributed by atoms with van der Waals surface area (Å²) in [5.41, 5.74) is 1.46. The van der Waals surface area contributed by atoms with Gasteiger partial charge in [-0.2, -0.15) is 0 Å². The van der Waals surface area contributed by atoms with Crippen molar-refractivity contribution < 1.29 is 14.1 Å². The number of hydrogen-bond acceptors (Lipinski definition) is 5. The zero-order valence-electron chi connectivity index (χ0n) is 12.5.